The number of hydrogen-bond acceptors (Lipinski definition) is 13. The standard InChI is InChI=1S/C23H21NO6.C10H18O4.C9H9NO2/c1-29-18-6-5-12(8-19(18)30-2)16-9-17(27)21-20(16)23(28)24-22(21)13-3-4-14(10-25)15(7-13)11-26;1-7(2)13-9(11)5-6-10(12)14-8(3)4;10-4-7-1-2-8(5-11)9(3-7)6-12/h3-8,25-26H,9-11H2,1-2H3,(H,24,28);7-8H,5-6H2,1-4H3;1-3,11-12H,5-6H2. The summed E-state index contributed by atoms with van der Waals surface area (Å²) in [6, 6.07) is 17.2. The number of hydrogen-bond donors (Lipinski definition) is 5. The molecule has 1 heterocycles. The number of nitriles is 1. The van der Waals surface area contributed by atoms with Crippen LogP contribution in [-0.2, 0) is 55.1 Å². The largest absolute Gasteiger partial charge is 0.493 e. The van der Waals surface area contributed by atoms with E-state index >= 15 is 0 Å². The summed E-state index contributed by atoms with van der Waals surface area (Å²) in [5.74, 6) is -0.142. The minimum absolute atomic E-state index is 0.0870. The molecular weight excluding hydrogens is 724 g/mol. The SMILES string of the molecule is CC(C)OC(=O)CCC(=O)OC(C)C.COc1ccc(C2=C3C(=O)NC(c4ccc(CO)c(CO)c4)=C3C(=O)C2)cc1OC.N#Cc1ccc(CO)c(CO)c1. The number of rotatable bonds is 13. The number of aliphatic hydroxyl groups excluding tert-OH is 4. The fourth-order valence-corrected chi connectivity index (χ4v) is 5.80. The molecule has 0 saturated carbocycles. The van der Waals surface area contributed by atoms with E-state index in [1.807, 2.05) is 6.07 Å². The first-order valence-electron chi connectivity index (χ1n) is 17.8. The molecule has 1 amide bonds. The van der Waals surface area contributed by atoms with Gasteiger partial charge in [0.2, 0.25) is 0 Å². The number of carbonyl (C=O) groups is 4. The van der Waals surface area contributed by atoms with Crippen molar-refractivity contribution in [1.29, 1.82) is 5.26 Å². The average Bonchev–Trinajstić information content (AvgIpc) is 3.73. The number of nitrogens with one attached hydrogen (secondary N) is 1. The van der Waals surface area contributed by atoms with Crippen LogP contribution in [-0.4, -0.2) is 70.5 Å². The Morgan fingerprint density at radius 2 is 1.21 bits per heavy atom. The molecule has 0 bridgehead atoms. The quantitative estimate of drug-likeness (QED) is 0.154. The van der Waals surface area contributed by atoms with E-state index in [1.165, 1.54) is 7.11 Å². The van der Waals surface area contributed by atoms with Crippen LogP contribution in [0, 0.1) is 11.3 Å². The number of allylic oxidation sites excluding steroid dienone is 1. The molecule has 0 saturated heterocycles. The van der Waals surface area contributed by atoms with Gasteiger partial charge in [0.05, 0.1) is 94.2 Å². The minimum atomic E-state index is -0.360. The topological polar surface area (TPSA) is 222 Å². The van der Waals surface area contributed by atoms with Crippen LogP contribution < -0.4 is 14.8 Å². The van der Waals surface area contributed by atoms with Crippen molar-refractivity contribution in [2.24, 2.45) is 0 Å². The van der Waals surface area contributed by atoms with Crippen LogP contribution in [0.5, 0.6) is 11.5 Å². The highest BCUT2D eigenvalue weighted by atomic mass is 16.5. The van der Waals surface area contributed by atoms with Crippen molar-refractivity contribution in [2.45, 2.75) is 85.6 Å². The second-order valence-electron chi connectivity index (χ2n) is 13.0. The second-order valence-corrected chi connectivity index (χ2v) is 13.0. The molecule has 1 aliphatic heterocycles. The maximum Gasteiger partial charge on any atom is 0.306 e. The lowest BCUT2D eigenvalue weighted by Crippen LogP contribution is -2.17. The summed E-state index contributed by atoms with van der Waals surface area (Å²) in [7, 11) is 3.07. The van der Waals surface area contributed by atoms with Crippen LogP contribution in [0.4, 0.5) is 0 Å². The fourth-order valence-electron chi connectivity index (χ4n) is 5.80. The molecule has 1 aliphatic carbocycles. The van der Waals surface area contributed by atoms with Crippen molar-refractivity contribution in [1.82, 2.24) is 5.32 Å². The van der Waals surface area contributed by atoms with Gasteiger partial charge in [-0.1, -0.05) is 24.3 Å². The van der Waals surface area contributed by atoms with Crippen LogP contribution in [0.15, 0.2) is 65.7 Å². The number of methoxy groups -OCH3 is 2. The number of esters is 2. The van der Waals surface area contributed by atoms with Crippen molar-refractivity contribution < 1.29 is 58.6 Å². The van der Waals surface area contributed by atoms with Crippen molar-refractivity contribution >= 4 is 34.9 Å². The molecule has 0 spiro atoms. The molecule has 56 heavy (non-hydrogen) atoms. The molecule has 0 unspecified atom stereocenters. The fraction of sp³-hybridized carbons (Fsp3) is 0.357. The van der Waals surface area contributed by atoms with Crippen molar-refractivity contribution in [3.8, 4) is 17.6 Å². The van der Waals surface area contributed by atoms with Gasteiger partial charge in [0.15, 0.2) is 17.3 Å². The normalized spacial score (nSPS) is 13.0. The minimum Gasteiger partial charge on any atom is -0.493 e. The molecule has 5 rings (SSSR count). The number of nitrogens with zero attached hydrogens (tertiary/aromatic N) is 1. The molecule has 2 aliphatic rings. The first kappa shape index (κ1) is 44.5. The first-order chi connectivity index (χ1) is 26.7. The van der Waals surface area contributed by atoms with E-state index in [0.29, 0.717) is 72.9 Å². The zero-order valence-electron chi connectivity index (χ0n) is 32.3. The number of ether oxygens (including phenoxy) is 4. The zero-order valence-corrected chi connectivity index (χ0v) is 32.3. The lowest BCUT2D eigenvalue weighted by molar-refractivity contribution is -0.154. The average molecular weight is 773 g/mol. The number of ketones is 1. The summed E-state index contributed by atoms with van der Waals surface area (Å²) in [4.78, 5) is 47.7. The maximum atomic E-state index is 12.9. The van der Waals surface area contributed by atoms with Gasteiger partial charge in [-0.3, -0.25) is 19.2 Å². The Morgan fingerprint density at radius 1 is 0.696 bits per heavy atom. The van der Waals surface area contributed by atoms with Gasteiger partial charge in [-0.25, -0.2) is 0 Å². The van der Waals surface area contributed by atoms with E-state index in [1.54, 1.807) is 89.4 Å². The molecule has 0 atom stereocenters. The van der Waals surface area contributed by atoms with E-state index in [2.05, 4.69) is 5.32 Å². The molecule has 0 radical (unpaired) electrons. The zero-order chi connectivity index (χ0) is 41.5. The van der Waals surface area contributed by atoms with Crippen molar-refractivity contribution in [3.05, 3.63) is 105 Å². The lowest BCUT2D eigenvalue weighted by atomic mass is 9.99. The first-order valence-corrected chi connectivity index (χ1v) is 17.8. The van der Waals surface area contributed by atoms with E-state index < -0.39 is 0 Å². The molecule has 14 nitrogen and oxygen atoms in total. The summed E-state index contributed by atoms with van der Waals surface area (Å²) in [6.45, 7) is 6.35. The Morgan fingerprint density at radius 3 is 1.71 bits per heavy atom. The molecule has 3 aromatic carbocycles. The molecule has 5 N–H and O–H groups in total. The summed E-state index contributed by atoms with van der Waals surface area (Å²) >= 11 is 0. The predicted octanol–water partition coefficient (Wildman–Crippen LogP) is 4.17. The highest BCUT2D eigenvalue weighted by molar-refractivity contribution is 6.31. The van der Waals surface area contributed by atoms with Gasteiger partial charge in [-0.15, -0.1) is 0 Å². The van der Waals surface area contributed by atoms with Gasteiger partial charge in [0, 0.05) is 6.42 Å². The third-order valence-electron chi connectivity index (χ3n) is 8.39. The molecule has 0 fully saturated rings. The highest BCUT2D eigenvalue weighted by Gasteiger charge is 2.40. The molecule has 298 valence electrons. The predicted molar refractivity (Wildman–Crippen MR) is 204 cm³/mol. The third-order valence-corrected chi connectivity index (χ3v) is 8.39. The Labute approximate surface area is 325 Å². The van der Waals surface area contributed by atoms with E-state index in [4.69, 9.17) is 34.4 Å². The van der Waals surface area contributed by atoms with Gasteiger partial charge in [0.1, 0.15) is 0 Å². The van der Waals surface area contributed by atoms with Gasteiger partial charge in [0.25, 0.3) is 5.91 Å². The number of Topliss-reactive ketones (excluding diaryl/α,β-unsaturated/α-hetero) is 1. The number of carbonyl (C=O) groups excluding carboxylic acids is 4. The number of benzene rings is 3. The summed E-state index contributed by atoms with van der Waals surface area (Å²) in [5.41, 5.74) is 6.00. The number of fused-ring (bicyclic) bond motifs is 1. The van der Waals surface area contributed by atoms with Gasteiger partial charge in [-0.2, -0.15) is 5.26 Å². The smallest absolute Gasteiger partial charge is 0.306 e. The molecule has 14 heteroatoms. The van der Waals surface area contributed by atoms with Crippen LogP contribution in [0.25, 0.3) is 11.3 Å². The Balaban J connectivity index is 0.000000268. The third kappa shape index (κ3) is 11.6. The summed E-state index contributed by atoms with van der Waals surface area (Å²) < 4.78 is 20.3. The monoisotopic (exact) mass is 772 g/mol. The van der Waals surface area contributed by atoms with Crippen LogP contribution in [0.3, 0.4) is 0 Å². The van der Waals surface area contributed by atoms with Crippen LogP contribution in [0.1, 0.15) is 85.9 Å². The van der Waals surface area contributed by atoms with E-state index in [0.717, 1.165) is 0 Å². The van der Waals surface area contributed by atoms with Crippen LogP contribution >= 0.6 is 0 Å². The van der Waals surface area contributed by atoms with Gasteiger partial charge >= 0.3 is 11.9 Å². The summed E-state index contributed by atoms with van der Waals surface area (Å²) in [5, 5.41) is 48.0. The Bertz CT molecular complexity index is 1910. The van der Waals surface area contributed by atoms with E-state index in [-0.39, 0.29) is 81.5 Å². The summed E-state index contributed by atoms with van der Waals surface area (Å²) in [6.07, 6.45) is 0.0128. The lowest BCUT2D eigenvalue weighted by Gasteiger charge is -2.11. The van der Waals surface area contributed by atoms with Crippen molar-refractivity contribution in [3.63, 3.8) is 0 Å². The molecular formula is C42H48N2O12. The van der Waals surface area contributed by atoms with Gasteiger partial charge in [-0.05, 0) is 97.0 Å². The number of amides is 1. The maximum absolute atomic E-state index is 12.9. The van der Waals surface area contributed by atoms with E-state index in [9.17, 15) is 29.4 Å². The van der Waals surface area contributed by atoms with Gasteiger partial charge < -0.3 is 44.7 Å². The second kappa shape index (κ2) is 21.3. The molecule has 3 aromatic rings. The molecule has 0 aromatic heterocycles. The van der Waals surface area contributed by atoms with Crippen LogP contribution in [0.2, 0.25) is 0 Å². The van der Waals surface area contributed by atoms with Crippen molar-refractivity contribution in [2.75, 3.05) is 14.2 Å². The number of aliphatic hydroxyl groups is 4. The Kier molecular flexibility index (Phi) is 16.9. The highest BCUT2D eigenvalue weighted by Crippen LogP contribution is 2.44. The Hall–Kier alpha value is -5.85.